The van der Waals surface area contributed by atoms with Crippen LogP contribution in [0.5, 0.6) is 11.5 Å². The Morgan fingerprint density at radius 1 is 1.29 bits per heavy atom. The van der Waals surface area contributed by atoms with Crippen molar-refractivity contribution in [3.63, 3.8) is 0 Å². The van der Waals surface area contributed by atoms with Crippen LogP contribution in [0, 0.1) is 0 Å². The zero-order chi connectivity index (χ0) is 17.1. The monoisotopic (exact) mass is 475 g/mol. The molecule has 1 rings (SSSR count). The molecular weight excluding hydrogens is 451 g/mol. The molecule has 0 aliphatic carbocycles. The molecule has 0 aliphatic heterocycles. The molecule has 0 radical (unpaired) electrons. The number of methoxy groups -OCH3 is 1. The van der Waals surface area contributed by atoms with E-state index in [9.17, 15) is 8.78 Å². The Morgan fingerprint density at radius 3 is 2.62 bits per heavy atom. The summed E-state index contributed by atoms with van der Waals surface area (Å²) in [5.41, 5.74) is 0.753. The maximum absolute atomic E-state index is 12.4. The second-order valence-corrected chi connectivity index (χ2v) is 5.46. The number of nitrogens with zero attached hydrogens (tertiary/aromatic N) is 1. The first-order chi connectivity index (χ1) is 11.1. The van der Waals surface area contributed by atoms with E-state index in [0.29, 0.717) is 12.5 Å². The van der Waals surface area contributed by atoms with Crippen LogP contribution >= 0.6 is 35.7 Å². The number of alkyl halides is 2. The predicted octanol–water partition coefficient (Wildman–Crippen LogP) is 3.33. The Hall–Kier alpha value is -0.970. The smallest absolute Gasteiger partial charge is 0.387 e. The number of hydrogen-bond acceptors (Lipinski definition) is 4. The lowest BCUT2D eigenvalue weighted by Crippen LogP contribution is -2.38. The fourth-order valence-corrected chi connectivity index (χ4v) is 2.10. The fraction of sp³-hybridized carbons (Fsp3) is 0.533. The number of rotatable bonds is 9. The molecule has 0 aromatic heterocycles. The van der Waals surface area contributed by atoms with Gasteiger partial charge >= 0.3 is 6.61 Å². The average Bonchev–Trinajstić information content (AvgIpc) is 2.52. The minimum atomic E-state index is -2.90. The van der Waals surface area contributed by atoms with Gasteiger partial charge in [0.15, 0.2) is 17.5 Å². The SMILES string of the molecule is CCNC(=NCc1ccc(OC)c(OC(F)F)c1)NCCSC.I. The lowest BCUT2D eigenvalue weighted by molar-refractivity contribution is -0.0512. The molecular formula is C15H24F2IN3O2S. The van der Waals surface area contributed by atoms with Crippen LogP contribution in [0.3, 0.4) is 0 Å². The molecule has 0 saturated heterocycles. The van der Waals surface area contributed by atoms with Crippen LogP contribution in [-0.4, -0.2) is 44.8 Å². The van der Waals surface area contributed by atoms with Crippen LogP contribution < -0.4 is 20.1 Å². The number of thioether (sulfide) groups is 1. The minimum absolute atomic E-state index is 0. The molecule has 0 bridgehead atoms. The molecule has 0 saturated carbocycles. The van der Waals surface area contributed by atoms with E-state index in [1.165, 1.54) is 13.2 Å². The maximum atomic E-state index is 12.4. The van der Waals surface area contributed by atoms with Crippen LogP contribution in [0.4, 0.5) is 8.78 Å². The standard InChI is InChI=1S/C15H23F2N3O2S.HI/c1-4-18-15(19-7-8-23-3)20-10-11-5-6-12(21-2)13(9-11)22-14(16)17;/h5-6,9,14H,4,7-8,10H2,1-3H3,(H2,18,19,20);1H. The number of halogens is 3. The molecule has 138 valence electrons. The number of benzene rings is 1. The molecule has 24 heavy (non-hydrogen) atoms. The number of ether oxygens (including phenoxy) is 2. The van der Waals surface area contributed by atoms with Crippen molar-refractivity contribution >= 4 is 41.7 Å². The molecule has 5 nitrogen and oxygen atoms in total. The van der Waals surface area contributed by atoms with E-state index in [1.807, 2.05) is 13.2 Å². The van der Waals surface area contributed by atoms with Gasteiger partial charge in [-0.05, 0) is 30.9 Å². The number of guanidine groups is 1. The van der Waals surface area contributed by atoms with E-state index in [1.54, 1.807) is 23.9 Å². The van der Waals surface area contributed by atoms with Crippen molar-refractivity contribution in [3.8, 4) is 11.5 Å². The van der Waals surface area contributed by atoms with Gasteiger partial charge in [0, 0.05) is 18.8 Å². The largest absolute Gasteiger partial charge is 0.493 e. The van der Waals surface area contributed by atoms with Gasteiger partial charge in [0.25, 0.3) is 0 Å². The van der Waals surface area contributed by atoms with Gasteiger partial charge in [0.1, 0.15) is 0 Å². The van der Waals surface area contributed by atoms with Gasteiger partial charge in [0.2, 0.25) is 0 Å². The molecule has 0 aliphatic rings. The minimum Gasteiger partial charge on any atom is -0.493 e. The predicted molar refractivity (Wildman–Crippen MR) is 106 cm³/mol. The van der Waals surface area contributed by atoms with Gasteiger partial charge < -0.3 is 20.1 Å². The highest BCUT2D eigenvalue weighted by Crippen LogP contribution is 2.29. The number of aliphatic imine (C=N–C) groups is 1. The first-order valence-electron chi connectivity index (χ1n) is 7.23. The van der Waals surface area contributed by atoms with Gasteiger partial charge in [-0.25, -0.2) is 4.99 Å². The Morgan fingerprint density at radius 2 is 2.04 bits per heavy atom. The molecule has 0 heterocycles. The number of hydrogen-bond donors (Lipinski definition) is 2. The first kappa shape index (κ1) is 23.0. The van der Waals surface area contributed by atoms with Crippen molar-refractivity contribution in [2.24, 2.45) is 4.99 Å². The Labute approximate surface area is 163 Å². The third-order valence-corrected chi connectivity index (χ3v) is 3.42. The van der Waals surface area contributed by atoms with Gasteiger partial charge in [-0.15, -0.1) is 24.0 Å². The van der Waals surface area contributed by atoms with Crippen LogP contribution in [0.1, 0.15) is 12.5 Å². The number of nitrogens with one attached hydrogen (secondary N) is 2. The highest BCUT2D eigenvalue weighted by atomic mass is 127. The molecule has 0 unspecified atom stereocenters. The third-order valence-electron chi connectivity index (χ3n) is 2.81. The molecule has 9 heteroatoms. The van der Waals surface area contributed by atoms with Crippen molar-refractivity contribution in [2.45, 2.75) is 20.1 Å². The van der Waals surface area contributed by atoms with Gasteiger partial charge in [-0.2, -0.15) is 20.5 Å². The van der Waals surface area contributed by atoms with Crippen molar-refractivity contribution in [1.29, 1.82) is 0 Å². The van der Waals surface area contributed by atoms with E-state index in [0.717, 1.165) is 24.4 Å². The lowest BCUT2D eigenvalue weighted by atomic mass is 10.2. The summed E-state index contributed by atoms with van der Waals surface area (Å²) in [4.78, 5) is 4.43. The van der Waals surface area contributed by atoms with E-state index in [-0.39, 0.29) is 35.5 Å². The zero-order valence-electron chi connectivity index (χ0n) is 14.0. The summed E-state index contributed by atoms with van der Waals surface area (Å²) in [6, 6.07) is 4.88. The molecule has 1 aromatic carbocycles. The Bertz CT molecular complexity index is 508. The van der Waals surface area contributed by atoms with Crippen molar-refractivity contribution in [1.82, 2.24) is 10.6 Å². The summed E-state index contributed by atoms with van der Waals surface area (Å²) in [7, 11) is 1.41. The average molecular weight is 475 g/mol. The van der Waals surface area contributed by atoms with Crippen LogP contribution in [-0.2, 0) is 6.54 Å². The normalized spacial score (nSPS) is 11.0. The summed E-state index contributed by atoms with van der Waals surface area (Å²) in [5.74, 6) is 1.94. The molecule has 2 N–H and O–H groups in total. The molecule has 0 atom stereocenters. The second kappa shape index (κ2) is 13.3. The van der Waals surface area contributed by atoms with Crippen molar-refractivity contribution in [3.05, 3.63) is 23.8 Å². The van der Waals surface area contributed by atoms with Crippen LogP contribution in [0.2, 0.25) is 0 Å². The highest BCUT2D eigenvalue weighted by molar-refractivity contribution is 14.0. The van der Waals surface area contributed by atoms with E-state index in [2.05, 4.69) is 20.4 Å². The molecule has 0 fully saturated rings. The molecule has 0 amide bonds. The van der Waals surface area contributed by atoms with Crippen LogP contribution in [0.25, 0.3) is 0 Å². The Kier molecular flexibility index (Phi) is 12.8. The highest BCUT2D eigenvalue weighted by Gasteiger charge is 2.11. The summed E-state index contributed by atoms with van der Waals surface area (Å²) in [6.07, 6.45) is 2.04. The van der Waals surface area contributed by atoms with E-state index < -0.39 is 6.61 Å². The topological polar surface area (TPSA) is 54.9 Å². The van der Waals surface area contributed by atoms with Gasteiger partial charge in [0.05, 0.1) is 13.7 Å². The van der Waals surface area contributed by atoms with Crippen molar-refractivity contribution < 1.29 is 18.3 Å². The summed E-state index contributed by atoms with van der Waals surface area (Å²) >= 11 is 1.74. The quantitative estimate of drug-likeness (QED) is 0.249. The summed E-state index contributed by atoms with van der Waals surface area (Å²) < 4.78 is 34.3. The zero-order valence-corrected chi connectivity index (χ0v) is 17.1. The summed E-state index contributed by atoms with van der Waals surface area (Å²) in [5, 5.41) is 6.34. The van der Waals surface area contributed by atoms with E-state index >= 15 is 0 Å². The third kappa shape index (κ3) is 8.76. The molecule has 1 aromatic rings. The van der Waals surface area contributed by atoms with Crippen LogP contribution in [0.15, 0.2) is 23.2 Å². The van der Waals surface area contributed by atoms with Gasteiger partial charge in [-0.1, -0.05) is 6.07 Å². The summed E-state index contributed by atoms with van der Waals surface area (Å²) in [6.45, 7) is 0.975. The van der Waals surface area contributed by atoms with Crippen molar-refractivity contribution in [2.75, 3.05) is 32.2 Å². The van der Waals surface area contributed by atoms with Gasteiger partial charge in [-0.3, -0.25) is 0 Å². The van der Waals surface area contributed by atoms with E-state index in [4.69, 9.17) is 4.74 Å². The second-order valence-electron chi connectivity index (χ2n) is 4.48. The maximum Gasteiger partial charge on any atom is 0.387 e. The molecule has 0 spiro atoms. The lowest BCUT2D eigenvalue weighted by Gasteiger charge is -2.12. The first-order valence-corrected chi connectivity index (χ1v) is 8.63. The fourth-order valence-electron chi connectivity index (χ4n) is 1.79. The Balaban J connectivity index is 0.00000529.